The van der Waals surface area contributed by atoms with E-state index in [4.69, 9.17) is 0 Å². The van der Waals surface area contributed by atoms with Gasteiger partial charge in [0.2, 0.25) is 11.8 Å². The Morgan fingerprint density at radius 1 is 0.889 bits per heavy atom. The standard InChI is InChI=1S/C35H37BrFN3O4S/c1-4-26(3)38-35(42)33(22-27-11-6-5-7-12-27)39(23-28-13-10-14-29(36)21-28)34(41)24-40(32-16-9-8-15-31(32)37)45(43,44)30-19-17-25(2)18-20-30/h5-21,26,33H,4,22-24H2,1-3H3,(H,38,42). The number of aryl methyl sites for hydroxylation is 1. The summed E-state index contributed by atoms with van der Waals surface area (Å²) in [5.41, 5.74) is 2.13. The fourth-order valence-corrected chi connectivity index (χ4v) is 6.70. The van der Waals surface area contributed by atoms with Gasteiger partial charge in [-0.3, -0.25) is 13.9 Å². The van der Waals surface area contributed by atoms with Crippen molar-refractivity contribution in [3.63, 3.8) is 0 Å². The Hall–Kier alpha value is -4.02. The molecule has 2 amide bonds. The van der Waals surface area contributed by atoms with Crippen LogP contribution in [0.4, 0.5) is 10.1 Å². The van der Waals surface area contributed by atoms with E-state index in [1.807, 2.05) is 75.4 Å². The van der Waals surface area contributed by atoms with Crippen LogP contribution in [0.1, 0.15) is 37.0 Å². The van der Waals surface area contributed by atoms with Gasteiger partial charge in [0.15, 0.2) is 0 Å². The molecule has 0 bridgehead atoms. The number of benzene rings is 4. The molecular weight excluding hydrogens is 657 g/mol. The maximum Gasteiger partial charge on any atom is 0.264 e. The molecule has 0 fully saturated rings. The zero-order valence-corrected chi connectivity index (χ0v) is 27.9. The number of halogens is 2. The number of nitrogens with zero attached hydrogens (tertiary/aromatic N) is 2. The maximum atomic E-state index is 15.2. The number of para-hydroxylation sites is 1. The molecule has 1 N–H and O–H groups in total. The Kier molecular flexibility index (Phi) is 11.5. The van der Waals surface area contributed by atoms with Gasteiger partial charge in [0.25, 0.3) is 10.0 Å². The lowest BCUT2D eigenvalue weighted by Gasteiger charge is -2.34. The molecule has 0 aliphatic carbocycles. The minimum atomic E-state index is -4.39. The van der Waals surface area contributed by atoms with Gasteiger partial charge < -0.3 is 10.2 Å². The second-order valence-corrected chi connectivity index (χ2v) is 13.7. The van der Waals surface area contributed by atoms with Gasteiger partial charge in [-0.2, -0.15) is 0 Å². The second-order valence-electron chi connectivity index (χ2n) is 11.0. The summed E-state index contributed by atoms with van der Waals surface area (Å²) in [6.07, 6.45) is 0.868. The molecule has 4 rings (SSSR count). The molecular formula is C35H37BrFN3O4S. The number of carbonyl (C=O) groups excluding carboxylic acids is 2. The minimum absolute atomic E-state index is 0.0133. The molecule has 4 aromatic rings. The zero-order chi connectivity index (χ0) is 32.6. The van der Waals surface area contributed by atoms with Crippen LogP contribution in [-0.4, -0.2) is 43.8 Å². The van der Waals surface area contributed by atoms with E-state index in [-0.39, 0.29) is 35.5 Å². The predicted octanol–water partition coefficient (Wildman–Crippen LogP) is 6.65. The van der Waals surface area contributed by atoms with Gasteiger partial charge in [-0.1, -0.05) is 95.1 Å². The van der Waals surface area contributed by atoms with Crippen molar-refractivity contribution in [2.75, 3.05) is 10.8 Å². The SMILES string of the molecule is CCC(C)NC(=O)C(Cc1ccccc1)N(Cc1cccc(Br)c1)C(=O)CN(c1ccccc1F)S(=O)(=O)c1ccc(C)cc1. The Morgan fingerprint density at radius 2 is 1.53 bits per heavy atom. The highest BCUT2D eigenvalue weighted by molar-refractivity contribution is 9.10. The fourth-order valence-electron chi connectivity index (χ4n) is 4.83. The lowest BCUT2D eigenvalue weighted by atomic mass is 10.0. The summed E-state index contributed by atoms with van der Waals surface area (Å²) in [5.74, 6) is -1.82. The Balaban J connectivity index is 1.82. The molecule has 0 radical (unpaired) electrons. The van der Waals surface area contributed by atoms with Crippen molar-refractivity contribution in [2.24, 2.45) is 0 Å². The first-order valence-corrected chi connectivity index (χ1v) is 16.9. The van der Waals surface area contributed by atoms with Gasteiger partial charge >= 0.3 is 0 Å². The maximum absolute atomic E-state index is 15.2. The van der Waals surface area contributed by atoms with Gasteiger partial charge in [-0.25, -0.2) is 12.8 Å². The van der Waals surface area contributed by atoms with Crippen molar-refractivity contribution in [2.45, 2.75) is 57.1 Å². The van der Waals surface area contributed by atoms with E-state index in [2.05, 4.69) is 21.2 Å². The first-order chi connectivity index (χ1) is 21.5. The van der Waals surface area contributed by atoms with Crippen molar-refractivity contribution in [1.29, 1.82) is 0 Å². The summed E-state index contributed by atoms with van der Waals surface area (Å²) in [6.45, 7) is 4.94. The monoisotopic (exact) mass is 693 g/mol. The highest BCUT2D eigenvalue weighted by Gasteiger charge is 2.35. The molecule has 0 saturated heterocycles. The minimum Gasteiger partial charge on any atom is -0.352 e. The molecule has 0 saturated carbocycles. The number of rotatable bonds is 13. The topological polar surface area (TPSA) is 86.8 Å². The number of hydrogen-bond acceptors (Lipinski definition) is 4. The Morgan fingerprint density at radius 3 is 2.18 bits per heavy atom. The molecule has 236 valence electrons. The first-order valence-electron chi connectivity index (χ1n) is 14.7. The van der Waals surface area contributed by atoms with Crippen LogP contribution in [0.25, 0.3) is 0 Å². The second kappa shape index (κ2) is 15.3. The van der Waals surface area contributed by atoms with Crippen LogP contribution >= 0.6 is 15.9 Å². The number of hydrogen-bond donors (Lipinski definition) is 1. The van der Waals surface area contributed by atoms with Crippen LogP contribution in [0.2, 0.25) is 0 Å². The third-order valence-corrected chi connectivity index (χ3v) is 9.79. The van der Waals surface area contributed by atoms with E-state index in [0.29, 0.717) is 6.42 Å². The number of anilines is 1. The van der Waals surface area contributed by atoms with E-state index < -0.39 is 34.3 Å². The van der Waals surface area contributed by atoms with Crippen molar-refractivity contribution < 1.29 is 22.4 Å². The number of sulfonamides is 1. The van der Waals surface area contributed by atoms with Gasteiger partial charge in [-0.15, -0.1) is 0 Å². The lowest BCUT2D eigenvalue weighted by molar-refractivity contribution is -0.140. The molecule has 4 aromatic carbocycles. The zero-order valence-electron chi connectivity index (χ0n) is 25.5. The molecule has 0 aliphatic heterocycles. The lowest BCUT2D eigenvalue weighted by Crippen LogP contribution is -2.54. The summed E-state index contributed by atoms with van der Waals surface area (Å²) in [6, 6.07) is 27.1. The van der Waals surface area contributed by atoms with Crippen molar-refractivity contribution in [1.82, 2.24) is 10.2 Å². The van der Waals surface area contributed by atoms with E-state index >= 15 is 4.39 Å². The first kappa shape index (κ1) is 33.9. The summed E-state index contributed by atoms with van der Waals surface area (Å²) in [5, 5.41) is 3.00. The predicted molar refractivity (Wildman–Crippen MR) is 179 cm³/mol. The molecule has 7 nitrogen and oxygen atoms in total. The van der Waals surface area contributed by atoms with Crippen molar-refractivity contribution in [3.05, 3.63) is 130 Å². The van der Waals surface area contributed by atoms with E-state index in [0.717, 1.165) is 31.5 Å². The van der Waals surface area contributed by atoms with E-state index in [1.54, 1.807) is 12.1 Å². The highest BCUT2D eigenvalue weighted by Crippen LogP contribution is 2.28. The molecule has 2 atom stereocenters. The molecule has 10 heteroatoms. The summed E-state index contributed by atoms with van der Waals surface area (Å²) >= 11 is 3.47. The third-order valence-electron chi connectivity index (χ3n) is 7.52. The fraction of sp³-hybridized carbons (Fsp3) is 0.257. The largest absolute Gasteiger partial charge is 0.352 e. The van der Waals surface area contributed by atoms with Crippen LogP contribution in [-0.2, 0) is 32.6 Å². The van der Waals surface area contributed by atoms with Crippen LogP contribution in [0.3, 0.4) is 0 Å². The summed E-state index contributed by atoms with van der Waals surface area (Å²) in [4.78, 5) is 29.6. The Bertz CT molecular complexity index is 1720. The van der Waals surface area contributed by atoms with Gasteiger partial charge in [0.05, 0.1) is 10.6 Å². The van der Waals surface area contributed by atoms with E-state index in [9.17, 15) is 18.0 Å². The normalized spacial score (nSPS) is 12.6. The molecule has 0 heterocycles. The average molecular weight is 695 g/mol. The quantitative estimate of drug-likeness (QED) is 0.170. The number of amides is 2. The molecule has 0 spiro atoms. The molecule has 0 aromatic heterocycles. The number of carbonyl (C=O) groups is 2. The van der Waals surface area contributed by atoms with E-state index in [1.165, 1.54) is 35.2 Å². The van der Waals surface area contributed by atoms with Crippen LogP contribution in [0.5, 0.6) is 0 Å². The molecule has 45 heavy (non-hydrogen) atoms. The van der Waals surface area contributed by atoms with Crippen LogP contribution in [0, 0.1) is 12.7 Å². The molecule has 0 aliphatic rings. The van der Waals surface area contributed by atoms with Gasteiger partial charge in [0, 0.05) is 23.5 Å². The van der Waals surface area contributed by atoms with Crippen LogP contribution < -0.4 is 9.62 Å². The summed E-state index contributed by atoms with van der Waals surface area (Å²) in [7, 11) is -4.39. The highest BCUT2D eigenvalue weighted by atomic mass is 79.9. The molecule has 2 unspecified atom stereocenters. The smallest absolute Gasteiger partial charge is 0.264 e. The average Bonchev–Trinajstić information content (AvgIpc) is 3.02. The third kappa shape index (κ3) is 8.79. The number of nitrogens with one attached hydrogen (secondary N) is 1. The van der Waals surface area contributed by atoms with Crippen LogP contribution in [0.15, 0.2) is 112 Å². The van der Waals surface area contributed by atoms with Crippen molar-refractivity contribution >= 4 is 43.5 Å². The Labute approximate surface area is 273 Å². The van der Waals surface area contributed by atoms with Gasteiger partial charge in [0.1, 0.15) is 18.4 Å². The van der Waals surface area contributed by atoms with Gasteiger partial charge in [-0.05, 0) is 67.8 Å². The summed E-state index contributed by atoms with van der Waals surface area (Å²) < 4.78 is 44.9. The van der Waals surface area contributed by atoms with Crippen molar-refractivity contribution in [3.8, 4) is 0 Å².